The lowest BCUT2D eigenvalue weighted by atomic mass is 9.93. The van der Waals surface area contributed by atoms with E-state index in [4.69, 9.17) is 9.84 Å². The van der Waals surface area contributed by atoms with Crippen LogP contribution in [0, 0.1) is 5.92 Å². The van der Waals surface area contributed by atoms with Crippen molar-refractivity contribution in [2.75, 3.05) is 19.0 Å². The average molecular weight is 445 g/mol. The van der Waals surface area contributed by atoms with Crippen molar-refractivity contribution in [1.82, 2.24) is 15.1 Å². The van der Waals surface area contributed by atoms with Crippen LogP contribution in [0.5, 0.6) is 0 Å². The molecule has 1 unspecified atom stereocenters. The number of ether oxygens (including phenoxy) is 1. The van der Waals surface area contributed by atoms with Crippen LogP contribution in [-0.4, -0.2) is 35.6 Å². The van der Waals surface area contributed by atoms with E-state index in [9.17, 15) is 4.79 Å². The van der Waals surface area contributed by atoms with Gasteiger partial charge in [-0.15, -0.1) is 0 Å². The van der Waals surface area contributed by atoms with Gasteiger partial charge >= 0.3 is 6.03 Å². The molecule has 0 saturated heterocycles. The summed E-state index contributed by atoms with van der Waals surface area (Å²) in [6.45, 7) is 0.757. The molecule has 0 radical (unpaired) electrons. The van der Waals surface area contributed by atoms with Crippen molar-refractivity contribution >= 4 is 11.8 Å². The van der Waals surface area contributed by atoms with Gasteiger partial charge in [0.15, 0.2) is 0 Å². The normalized spacial score (nSPS) is 21.7. The van der Waals surface area contributed by atoms with Crippen LogP contribution in [0.4, 0.5) is 10.6 Å². The maximum atomic E-state index is 13.3. The summed E-state index contributed by atoms with van der Waals surface area (Å²) in [5.41, 5.74) is 4.51. The Morgan fingerprint density at radius 2 is 1.82 bits per heavy atom. The van der Waals surface area contributed by atoms with Gasteiger partial charge in [-0.3, -0.25) is 5.32 Å². The van der Waals surface area contributed by atoms with E-state index in [1.807, 2.05) is 41.1 Å². The first-order valence-corrected chi connectivity index (χ1v) is 12.0. The molecule has 1 saturated carbocycles. The number of methoxy groups -OCH3 is 1. The number of benzene rings is 2. The molecular weight excluding hydrogens is 412 g/mol. The number of para-hydroxylation sites is 1. The third-order valence-electron chi connectivity index (χ3n) is 7.07. The van der Waals surface area contributed by atoms with Crippen molar-refractivity contribution in [3.63, 3.8) is 0 Å². The zero-order valence-electron chi connectivity index (χ0n) is 19.2. The minimum absolute atomic E-state index is 0.0930. The van der Waals surface area contributed by atoms with E-state index < -0.39 is 0 Å². The molecule has 0 bridgehead atoms. The van der Waals surface area contributed by atoms with Gasteiger partial charge in [0, 0.05) is 31.2 Å². The highest BCUT2D eigenvalue weighted by molar-refractivity contribution is 5.90. The fourth-order valence-electron chi connectivity index (χ4n) is 5.48. The third-order valence-corrected chi connectivity index (χ3v) is 7.07. The van der Waals surface area contributed by atoms with Gasteiger partial charge in [0.25, 0.3) is 0 Å². The van der Waals surface area contributed by atoms with E-state index in [0.29, 0.717) is 11.8 Å². The fraction of sp³-hybridized carbons (Fsp3) is 0.407. The number of urea groups is 1. The monoisotopic (exact) mass is 444 g/mol. The van der Waals surface area contributed by atoms with Crippen molar-refractivity contribution < 1.29 is 9.53 Å². The summed E-state index contributed by atoms with van der Waals surface area (Å²) in [6.07, 6.45) is 6.05. The number of aryl methyl sites for hydroxylation is 1. The summed E-state index contributed by atoms with van der Waals surface area (Å²) in [7, 11) is 1.75. The molecule has 6 nitrogen and oxygen atoms in total. The molecule has 6 heteroatoms. The number of anilines is 1. The van der Waals surface area contributed by atoms with Crippen LogP contribution in [0.25, 0.3) is 5.69 Å². The van der Waals surface area contributed by atoms with Gasteiger partial charge in [0.1, 0.15) is 5.82 Å². The first-order chi connectivity index (χ1) is 16.2. The van der Waals surface area contributed by atoms with Crippen molar-refractivity contribution in [3.05, 3.63) is 77.5 Å². The molecule has 1 fully saturated rings. The van der Waals surface area contributed by atoms with E-state index in [-0.39, 0.29) is 12.1 Å². The van der Waals surface area contributed by atoms with E-state index in [0.717, 1.165) is 67.9 Å². The van der Waals surface area contributed by atoms with Crippen LogP contribution in [0.15, 0.2) is 60.7 Å². The van der Waals surface area contributed by atoms with Gasteiger partial charge in [0.2, 0.25) is 0 Å². The Morgan fingerprint density at radius 1 is 1.06 bits per heavy atom. The largest absolute Gasteiger partial charge is 0.385 e. The Kier molecular flexibility index (Phi) is 6.44. The smallest absolute Gasteiger partial charge is 0.320 e. The first-order valence-electron chi connectivity index (χ1n) is 12.0. The summed E-state index contributed by atoms with van der Waals surface area (Å²) < 4.78 is 7.20. The van der Waals surface area contributed by atoms with Gasteiger partial charge in [0.05, 0.1) is 11.4 Å². The fourth-order valence-corrected chi connectivity index (χ4v) is 5.48. The third kappa shape index (κ3) is 4.67. The number of nitrogens with zero attached hydrogens (tertiary/aromatic N) is 2. The summed E-state index contributed by atoms with van der Waals surface area (Å²) in [5.74, 6) is 1.65. The van der Waals surface area contributed by atoms with Crippen LogP contribution < -0.4 is 10.6 Å². The average Bonchev–Trinajstić information content (AvgIpc) is 3.55. The van der Waals surface area contributed by atoms with Crippen LogP contribution in [0.3, 0.4) is 0 Å². The lowest BCUT2D eigenvalue weighted by Gasteiger charge is -2.22. The van der Waals surface area contributed by atoms with Crippen LogP contribution in [-0.2, 0) is 17.6 Å². The summed E-state index contributed by atoms with van der Waals surface area (Å²) in [6, 6.07) is 20.5. The number of carbonyl (C=O) groups is 1. The molecule has 0 spiro atoms. The Hall–Kier alpha value is -3.12. The molecule has 2 N–H and O–H groups in total. The van der Waals surface area contributed by atoms with Gasteiger partial charge in [-0.1, -0.05) is 48.5 Å². The molecule has 1 aromatic heterocycles. The number of nitrogens with one attached hydrogen (secondary N) is 2. The molecule has 3 atom stereocenters. The highest BCUT2D eigenvalue weighted by atomic mass is 16.5. The second kappa shape index (κ2) is 9.79. The molecule has 172 valence electrons. The lowest BCUT2D eigenvalue weighted by molar-refractivity contribution is 0.177. The Labute approximate surface area is 195 Å². The molecule has 33 heavy (non-hydrogen) atoms. The van der Waals surface area contributed by atoms with Gasteiger partial charge in [-0.2, -0.15) is 5.10 Å². The predicted octanol–water partition coefficient (Wildman–Crippen LogP) is 5.08. The Balaban J connectivity index is 1.35. The molecule has 2 aromatic carbocycles. The van der Waals surface area contributed by atoms with E-state index in [1.54, 1.807) is 7.11 Å². The quantitative estimate of drug-likeness (QED) is 0.534. The maximum absolute atomic E-state index is 13.3. The van der Waals surface area contributed by atoms with E-state index in [1.165, 1.54) is 5.56 Å². The van der Waals surface area contributed by atoms with E-state index in [2.05, 4.69) is 34.9 Å². The molecule has 1 heterocycles. The van der Waals surface area contributed by atoms with Crippen molar-refractivity contribution in [1.29, 1.82) is 0 Å². The zero-order valence-corrected chi connectivity index (χ0v) is 19.2. The van der Waals surface area contributed by atoms with Crippen molar-refractivity contribution in [2.45, 2.75) is 50.5 Å². The van der Waals surface area contributed by atoms with Gasteiger partial charge in [-0.05, 0) is 62.1 Å². The predicted molar refractivity (Wildman–Crippen MR) is 130 cm³/mol. The first kappa shape index (κ1) is 21.7. The summed E-state index contributed by atoms with van der Waals surface area (Å²) >= 11 is 0. The number of carbonyl (C=O) groups excluding carboxylic acids is 1. The Morgan fingerprint density at radius 3 is 2.58 bits per heavy atom. The van der Waals surface area contributed by atoms with Crippen LogP contribution in [0.2, 0.25) is 0 Å². The van der Waals surface area contributed by atoms with Gasteiger partial charge in [-0.25, -0.2) is 9.48 Å². The highest BCUT2D eigenvalue weighted by Gasteiger charge is 2.36. The minimum Gasteiger partial charge on any atom is -0.385 e. The molecule has 2 aliphatic rings. The van der Waals surface area contributed by atoms with Crippen LogP contribution in [0.1, 0.15) is 48.4 Å². The molecular formula is C27H32N4O2. The minimum atomic E-state index is -0.153. The van der Waals surface area contributed by atoms with E-state index >= 15 is 0 Å². The number of hydrogen-bond acceptors (Lipinski definition) is 3. The zero-order chi connectivity index (χ0) is 22.6. The number of hydrogen-bond donors (Lipinski definition) is 2. The second-order valence-corrected chi connectivity index (χ2v) is 9.22. The maximum Gasteiger partial charge on any atom is 0.320 e. The number of aromatic nitrogens is 2. The van der Waals surface area contributed by atoms with Gasteiger partial charge < -0.3 is 10.1 Å². The number of rotatable bonds is 7. The SMILES string of the molecule is COCCC1C[C@@H](NC(=O)Nc2c3c(nn2-c2ccccc2)CCC3)[C@H](c2ccccc2)C1. The summed E-state index contributed by atoms with van der Waals surface area (Å²) in [4.78, 5) is 13.3. The standard InChI is InChI=1S/C27H32N4O2/c1-33-16-15-19-17-23(20-9-4-2-5-10-20)25(18-19)28-27(32)29-26-22-13-8-14-24(22)30-31(26)21-11-6-3-7-12-21/h2-7,9-12,19,23,25H,8,13-18H2,1H3,(H2,28,29,32)/t19?,23-,25+/m0/s1. The molecule has 2 amide bonds. The highest BCUT2D eigenvalue weighted by Crippen LogP contribution is 2.40. The topological polar surface area (TPSA) is 68.2 Å². The molecule has 0 aliphatic heterocycles. The molecule has 3 aromatic rings. The number of fused-ring (bicyclic) bond motifs is 1. The molecule has 2 aliphatic carbocycles. The summed E-state index contributed by atoms with van der Waals surface area (Å²) in [5, 5.41) is 11.3. The van der Waals surface area contributed by atoms with Crippen molar-refractivity contribution in [2.24, 2.45) is 5.92 Å². The number of amides is 2. The molecule has 5 rings (SSSR count). The second-order valence-electron chi connectivity index (χ2n) is 9.22. The Bertz CT molecular complexity index is 1080. The lowest BCUT2D eigenvalue weighted by Crippen LogP contribution is -2.40. The van der Waals surface area contributed by atoms with Crippen LogP contribution >= 0.6 is 0 Å². The van der Waals surface area contributed by atoms with Crippen molar-refractivity contribution in [3.8, 4) is 5.69 Å².